The van der Waals surface area contributed by atoms with Crippen molar-refractivity contribution < 1.29 is 23.1 Å². The van der Waals surface area contributed by atoms with Crippen LogP contribution in [0.25, 0.3) is 0 Å². The Bertz CT molecular complexity index is 829. The summed E-state index contributed by atoms with van der Waals surface area (Å²) in [5, 5.41) is 10.3. The fraction of sp³-hybridized carbons (Fsp3) is 0.471. The predicted octanol–water partition coefficient (Wildman–Crippen LogP) is 0.441. The van der Waals surface area contributed by atoms with E-state index in [1.165, 1.54) is 29.0 Å². The smallest absolute Gasteiger partial charge is 0.273 e. The summed E-state index contributed by atoms with van der Waals surface area (Å²) in [7, 11) is 1.52. The first-order valence-corrected chi connectivity index (χ1v) is 8.71. The van der Waals surface area contributed by atoms with Gasteiger partial charge in [0.25, 0.3) is 11.8 Å². The molecule has 1 aliphatic heterocycles. The molecule has 0 saturated carbocycles. The maximum absolute atomic E-state index is 14.0. The topological polar surface area (TPSA) is 102 Å². The van der Waals surface area contributed by atoms with Crippen LogP contribution in [0.3, 0.4) is 0 Å². The van der Waals surface area contributed by atoms with Gasteiger partial charge in [0.05, 0.1) is 38.1 Å². The van der Waals surface area contributed by atoms with Crippen molar-refractivity contribution >= 4 is 11.8 Å². The Morgan fingerprint density at radius 3 is 2.89 bits per heavy atom. The Morgan fingerprint density at radius 1 is 1.36 bits per heavy atom. The fourth-order valence-corrected chi connectivity index (χ4v) is 3.00. The van der Waals surface area contributed by atoms with E-state index in [0.29, 0.717) is 13.2 Å². The number of alkyl halides is 1. The molecule has 11 heteroatoms. The van der Waals surface area contributed by atoms with Crippen LogP contribution < -0.4 is 5.32 Å². The van der Waals surface area contributed by atoms with Gasteiger partial charge in [-0.15, -0.1) is 5.10 Å². The van der Waals surface area contributed by atoms with Crippen LogP contribution in [0.4, 0.5) is 8.78 Å². The molecule has 1 N–H and O–H groups in total. The third-order valence-corrected chi connectivity index (χ3v) is 4.33. The normalized spacial score (nSPS) is 19.0. The summed E-state index contributed by atoms with van der Waals surface area (Å²) in [5.74, 6) is -1.44. The molecule has 2 aromatic heterocycles. The monoisotopic (exact) mass is 394 g/mol. The fourth-order valence-electron chi connectivity index (χ4n) is 3.00. The van der Waals surface area contributed by atoms with Crippen molar-refractivity contribution in [3.8, 4) is 0 Å². The number of halogens is 2. The summed E-state index contributed by atoms with van der Waals surface area (Å²) in [4.78, 5) is 29.7. The molecule has 0 spiro atoms. The molecule has 0 aliphatic carbocycles. The van der Waals surface area contributed by atoms with E-state index in [4.69, 9.17) is 4.74 Å². The second kappa shape index (κ2) is 8.83. The van der Waals surface area contributed by atoms with Gasteiger partial charge in [-0.05, 0) is 12.1 Å². The number of aromatic nitrogens is 4. The number of hydrogen-bond donors (Lipinski definition) is 1. The predicted molar refractivity (Wildman–Crippen MR) is 92.8 cm³/mol. The molecule has 0 unspecified atom stereocenters. The zero-order chi connectivity index (χ0) is 20.1. The number of nitrogens with zero attached hydrogens (tertiary/aromatic N) is 5. The molecule has 3 rings (SSSR count). The van der Waals surface area contributed by atoms with Gasteiger partial charge in [0.15, 0.2) is 5.69 Å². The summed E-state index contributed by atoms with van der Waals surface area (Å²) in [6.07, 6.45) is 1.32. The zero-order valence-corrected chi connectivity index (χ0v) is 15.2. The summed E-state index contributed by atoms with van der Waals surface area (Å²) in [6, 6.07) is 1.91. The minimum absolute atomic E-state index is 0.0392. The van der Waals surface area contributed by atoms with Gasteiger partial charge in [-0.2, -0.15) is 0 Å². The van der Waals surface area contributed by atoms with Gasteiger partial charge in [0, 0.05) is 20.1 Å². The number of ether oxygens (including phenoxy) is 1. The number of hydrogen-bond acceptors (Lipinski definition) is 6. The van der Waals surface area contributed by atoms with Crippen molar-refractivity contribution in [1.29, 1.82) is 0 Å². The van der Waals surface area contributed by atoms with Crippen LogP contribution in [0.5, 0.6) is 0 Å². The molecule has 1 fully saturated rings. The molecule has 2 atom stereocenters. The van der Waals surface area contributed by atoms with Crippen molar-refractivity contribution in [3.63, 3.8) is 0 Å². The highest BCUT2D eigenvalue weighted by Crippen LogP contribution is 2.23. The number of methoxy groups -OCH3 is 1. The van der Waals surface area contributed by atoms with Crippen molar-refractivity contribution in [2.24, 2.45) is 0 Å². The maximum atomic E-state index is 14.0. The number of rotatable bonds is 7. The van der Waals surface area contributed by atoms with Crippen LogP contribution in [0, 0.1) is 5.82 Å². The lowest BCUT2D eigenvalue weighted by Gasteiger charge is -2.23. The summed E-state index contributed by atoms with van der Waals surface area (Å²) >= 11 is 0. The second-order valence-electron chi connectivity index (χ2n) is 6.38. The van der Waals surface area contributed by atoms with Gasteiger partial charge in [-0.1, -0.05) is 5.21 Å². The first-order chi connectivity index (χ1) is 13.5. The molecule has 28 heavy (non-hydrogen) atoms. The highest BCUT2D eigenvalue weighted by atomic mass is 19.1. The molecule has 2 amide bonds. The number of nitrogens with one attached hydrogen (secondary N) is 1. The molecular formula is C17H20F2N6O3. The molecule has 9 nitrogen and oxygen atoms in total. The largest absolute Gasteiger partial charge is 0.383 e. The first kappa shape index (κ1) is 19.8. The van der Waals surface area contributed by atoms with E-state index in [9.17, 15) is 18.4 Å². The summed E-state index contributed by atoms with van der Waals surface area (Å²) < 4.78 is 33.2. The quantitative estimate of drug-likeness (QED) is 0.684. The highest BCUT2D eigenvalue weighted by Gasteiger charge is 2.36. The van der Waals surface area contributed by atoms with Crippen LogP contribution in [-0.4, -0.2) is 75.7 Å². The van der Waals surface area contributed by atoms with Crippen LogP contribution >= 0.6 is 0 Å². The van der Waals surface area contributed by atoms with Gasteiger partial charge in [0.2, 0.25) is 0 Å². The average Bonchev–Trinajstić information content (AvgIpc) is 3.29. The number of pyridine rings is 1. The van der Waals surface area contributed by atoms with Crippen LogP contribution in [0.15, 0.2) is 24.5 Å². The Kier molecular flexibility index (Phi) is 6.24. The van der Waals surface area contributed by atoms with Crippen LogP contribution in [0.1, 0.15) is 27.4 Å². The molecule has 150 valence electrons. The van der Waals surface area contributed by atoms with E-state index in [0.717, 1.165) is 12.3 Å². The van der Waals surface area contributed by atoms with Crippen molar-refractivity contribution in [2.45, 2.75) is 25.2 Å². The molecule has 3 heterocycles. The van der Waals surface area contributed by atoms with Gasteiger partial charge >= 0.3 is 0 Å². The van der Waals surface area contributed by atoms with E-state index in [-0.39, 0.29) is 30.9 Å². The van der Waals surface area contributed by atoms with E-state index in [1.807, 2.05) is 0 Å². The molecule has 0 radical (unpaired) electrons. The van der Waals surface area contributed by atoms with Crippen molar-refractivity contribution in [1.82, 2.24) is 30.2 Å². The number of amides is 2. The number of carbonyl (C=O) groups excluding carboxylic acids is 2. The zero-order valence-electron chi connectivity index (χ0n) is 15.2. The summed E-state index contributed by atoms with van der Waals surface area (Å²) in [6.45, 7) is 0.795. The van der Waals surface area contributed by atoms with E-state index in [2.05, 4.69) is 20.6 Å². The summed E-state index contributed by atoms with van der Waals surface area (Å²) in [5.41, 5.74) is 0.154. The first-order valence-electron chi connectivity index (χ1n) is 8.71. The Labute approximate surface area is 159 Å². The average molecular weight is 394 g/mol. The molecule has 1 saturated heterocycles. The number of carbonyl (C=O) groups is 2. The SMILES string of the molecule is COCCNC(=O)c1cn(C[C@@H]2C[C@H](F)CN2C(=O)c2ccc(F)cn2)nn1. The minimum Gasteiger partial charge on any atom is -0.383 e. The lowest BCUT2D eigenvalue weighted by Crippen LogP contribution is -2.38. The van der Waals surface area contributed by atoms with Crippen LogP contribution in [0.2, 0.25) is 0 Å². The van der Waals surface area contributed by atoms with E-state index >= 15 is 0 Å². The molecule has 0 aromatic carbocycles. The minimum atomic E-state index is -1.19. The van der Waals surface area contributed by atoms with Gasteiger partial charge in [-0.3, -0.25) is 9.59 Å². The Hall–Kier alpha value is -2.95. The molecular weight excluding hydrogens is 374 g/mol. The Morgan fingerprint density at radius 2 is 2.18 bits per heavy atom. The Balaban J connectivity index is 1.66. The lowest BCUT2D eigenvalue weighted by molar-refractivity contribution is 0.0708. The van der Waals surface area contributed by atoms with Gasteiger partial charge in [-0.25, -0.2) is 18.4 Å². The van der Waals surface area contributed by atoms with Crippen molar-refractivity contribution in [2.75, 3.05) is 26.8 Å². The second-order valence-corrected chi connectivity index (χ2v) is 6.38. The van der Waals surface area contributed by atoms with Gasteiger partial charge < -0.3 is 15.0 Å². The number of likely N-dealkylation sites (tertiary alicyclic amines) is 1. The maximum Gasteiger partial charge on any atom is 0.273 e. The van der Waals surface area contributed by atoms with Gasteiger partial charge in [0.1, 0.15) is 17.7 Å². The highest BCUT2D eigenvalue weighted by molar-refractivity contribution is 5.93. The van der Waals surface area contributed by atoms with Crippen LogP contribution in [-0.2, 0) is 11.3 Å². The molecule has 0 bridgehead atoms. The molecule has 1 aliphatic rings. The lowest BCUT2D eigenvalue weighted by atomic mass is 10.2. The molecule has 2 aromatic rings. The third-order valence-electron chi connectivity index (χ3n) is 4.33. The van der Waals surface area contributed by atoms with Crippen molar-refractivity contribution in [3.05, 3.63) is 41.7 Å². The standard InChI is InChI=1S/C17H20F2N6O3/c1-28-5-4-20-16(26)15-10-24(23-22-15)9-13-6-12(19)8-25(13)17(27)14-3-2-11(18)7-21-14/h2-3,7,10,12-13H,4-6,8-9H2,1H3,(H,20,26)/t12-,13-/m0/s1. The van der Waals surface area contributed by atoms with E-state index in [1.54, 1.807) is 0 Å². The van der Waals surface area contributed by atoms with E-state index < -0.39 is 29.8 Å². The third kappa shape index (κ3) is 4.66.